The van der Waals surface area contributed by atoms with Crippen molar-refractivity contribution < 1.29 is 14.3 Å². The molecule has 2 aromatic heterocycles. The van der Waals surface area contributed by atoms with Crippen LogP contribution in [0.3, 0.4) is 0 Å². The van der Waals surface area contributed by atoms with Crippen molar-refractivity contribution in [3.8, 4) is 0 Å². The van der Waals surface area contributed by atoms with Crippen molar-refractivity contribution in [2.24, 2.45) is 11.8 Å². The molecule has 2 aliphatic rings. The second kappa shape index (κ2) is 8.14. The number of carbonyl (C=O) groups excluding carboxylic acids is 1. The largest absolute Gasteiger partial charge is 0.381 e. The molecule has 0 aliphatic carbocycles. The van der Waals surface area contributed by atoms with Crippen LogP contribution >= 0.6 is 0 Å². The quantitative estimate of drug-likeness (QED) is 0.830. The van der Waals surface area contributed by atoms with Gasteiger partial charge < -0.3 is 14.4 Å². The van der Waals surface area contributed by atoms with Gasteiger partial charge in [0.1, 0.15) is 0 Å². The molecular formula is C19H26N4O3. The van der Waals surface area contributed by atoms with Crippen LogP contribution in [0.5, 0.6) is 0 Å². The normalized spacial score (nSPS) is 22.5. The lowest BCUT2D eigenvalue weighted by Gasteiger charge is -2.27. The third-order valence-corrected chi connectivity index (χ3v) is 5.30. The first-order chi connectivity index (χ1) is 12.8. The Morgan fingerprint density at radius 1 is 1.15 bits per heavy atom. The van der Waals surface area contributed by atoms with Crippen LogP contribution < -0.4 is 0 Å². The molecular weight excluding hydrogens is 332 g/mol. The maximum absolute atomic E-state index is 12.8. The molecule has 7 heteroatoms. The minimum Gasteiger partial charge on any atom is -0.381 e. The highest BCUT2D eigenvalue weighted by molar-refractivity contribution is 5.76. The van der Waals surface area contributed by atoms with E-state index in [9.17, 15) is 4.79 Å². The molecule has 0 radical (unpaired) electrons. The van der Waals surface area contributed by atoms with Crippen molar-refractivity contribution in [1.82, 2.24) is 19.5 Å². The molecule has 0 unspecified atom stereocenters. The van der Waals surface area contributed by atoms with Gasteiger partial charge in [-0.25, -0.2) is 9.50 Å². The molecule has 1 amide bonds. The summed E-state index contributed by atoms with van der Waals surface area (Å²) in [7, 11) is 0. The smallest absolute Gasteiger partial charge is 0.222 e. The number of amides is 1. The number of hydrogen-bond donors (Lipinski definition) is 0. The van der Waals surface area contributed by atoms with Crippen molar-refractivity contribution in [1.29, 1.82) is 0 Å². The Labute approximate surface area is 153 Å². The number of nitrogens with zero attached hydrogens (tertiary/aromatic N) is 4. The predicted octanol–water partition coefficient (Wildman–Crippen LogP) is 1.56. The molecule has 4 rings (SSSR count). The predicted molar refractivity (Wildman–Crippen MR) is 95.7 cm³/mol. The molecule has 2 fully saturated rings. The summed E-state index contributed by atoms with van der Waals surface area (Å²) in [6, 6.07) is 4.00. The van der Waals surface area contributed by atoms with Crippen LogP contribution in [-0.2, 0) is 20.7 Å². The van der Waals surface area contributed by atoms with E-state index in [0.29, 0.717) is 32.1 Å². The Kier molecular flexibility index (Phi) is 5.45. The summed E-state index contributed by atoms with van der Waals surface area (Å²) < 4.78 is 13.0. The summed E-state index contributed by atoms with van der Waals surface area (Å²) in [5, 5.41) is 4.60. The Morgan fingerprint density at radius 3 is 2.92 bits per heavy atom. The summed E-state index contributed by atoms with van der Waals surface area (Å²) in [5.41, 5.74) is 1.85. The molecule has 0 aromatic carbocycles. The maximum atomic E-state index is 12.8. The Balaban J connectivity index is 1.37. The molecule has 0 N–H and O–H groups in total. The molecule has 2 aliphatic heterocycles. The molecule has 0 saturated carbocycles. The van der Waals surface area contributed by atoms with Gasteiger partial charge in [0.2, 0.25) is 5.91 Å². The van der Waals surface area contributed by atoms with E-state index < -0.39 is 0 Å². The Bertz CT molecular complexity index is 741. The summed E-state index contributed by atoms with van der Waals surface area (Å²) in [6.07, 6.45) is 7.02. The highest BCUT2D eigenvalue weighted by Crippen LogP contribution is 2.21. The fourth-order valence-electron chi connectivity index (χ4n) is 3.82. The third-order valence-electron chi connectivity index (χ3n) is 5.30. The highest BCUT2D eigenvalue weighted by atomic mass is 16.5. The zero-order valence-corrected chi connectivity index (χ0v) is 15.0. The number of rotatable bonds is 4. The average Bonchev–Trinajstić information content (AvgIpc) is 3.00. The van der Waals surface area contributed by atoms with E-state index in [-0.39, 0.29) is 11.8 Å². The fourth-order valence-corrected chi connectivity index (χ4v) is 3.82. The SMILES string of the molecule is O=C(CC1CCOCC1)N1CCOC[C@H](Cc2ccc3nccn3n2)C1. The van der Waals surface area contributed by atoms with Gasteiger partial charge in [-0.1, -0.05) is 0 Å². The number of ether oxygens (including phenoxy) is 2. The molecule has 0 bridgehead atoms. The van der Waals surface area contributed by atoms with Gasteiger partial charge in [0, 0.05) is 51.0 Å². The van der Waals surface area contributed by atoms with E-state index in [1.54, 1.807) is 10.7 Å². The first-order valence-electron chi connectivity index (χ1n) is 9.50. The van der Waals surface area contributed by atoms with Gasteiger partial charge in [0.05, 0.1) is 18.9 Å². The van der Waals surface area contributed by atoms with Crippen molar-refractivity contribution in [3.05, 3.63) is 30.2 Å². The van der Waals surface area contributed by atoms with Crippen LogP contribution in [0.2, 0.25) is 0 Å². The lowest BCUT2D eigenvalue weighted by molar-refractivity contribution is -0.133. The van der Waals surface area contributed by atoms with Crippen LogP contribution in [0.25, 0.3) is 5.65 Å². The monoisotopic (exact) mass is 358 g/mol. The molecule has 0 spiro atoms. The summed E-state index contributed by atoms with van der Waals surface area (Å²) in [6.45, 7) is 4.28. The standard InChI is InChI=1S/C19H26N4O3/c24-19(12-15-3-8-25-9-4-15)22-7-10-26-14-16(13-22)11-17-1-2-18-20-5-6-23(18)21-17/h1-2,5-6,15-16H,3-4,7-14H2/t16-/m1/s1. The number of aromatic nitrogens is 3. The topological polar surface area (TPSA) is 69.0 Å². The third kappa shape index (κ3) is 4.22. The summed E-state index contributed by atoms with van der Waals surface area (Å²) in [4.78, 5) is 19.0. The van der Waals surface area contributed by atoms with Gasteiger partial charge in [0.15, 0.2) is 5.65 Å². The minimum atomic E-state index is 0.255. The van der Waals surface area contributed by atoms with E-state index >= 15 is 0 Å². The fraction of sp³-hybridized carbons (Fsp3) is 0.632. The zero-order chi connectivity index (χ0) is 17.8. The second-order valence-corrected chi connectivity index (χ2v) is 7.30. The van der Waals surface area contributed by atoms with E-state index in [0.717, 1.165) is 50.4 Å². The summed E-state index contributed by atoms with van der Waals surface area (Å²) in [5.74, 6) is 0.985. The number of imidazole rings is 1. The number of carbonyl (C=O) groups is 1. The molecule has 26 heavy (non-hydrogen) atoms. The lowest BCUT2D eigenvalue weighted by atomic mass is 9.95. The van der Waals surface area contributed by atoms with Crippen LogP contribution in [0.15, 0.2) is 24.5 Å². The van der Waals surface area contributed by atoms with E-state index in [1.165, 1.54) is 0 Å². The van der Waals surface area contributed by atoms with E-state index in [4.69, 9.17) is 9.47 Å². The Morgan fingerprint density at radius 2 is 2.04 bits per heavy atom. The van der Waals surface area contributed by atoms with Crippen LogP contribution in [0.1, 0.15) is 25.0 Å². The van der Waals surface area contributed by atoms with Crippen molar-refractivity contribution in [2.45, 2.75) is 25.7 Å². The number of fused-ring (bicyclic) bond motifs is 1. The molecule has 2 aromatic rings. The van der Waals surface area contributed by atoms with Crippen molar-refractivity contribution in [3.63, 3.8) is 0 Å². The first-order valence-corrected chi connectivity index (χ1v) is 9.50. The molecule has 4 heterocycles. The summed E-state index contributed by atoms with van der Waals surface area (Å²) >= 11 is 0. The van der Waals surface area contributed by atoms with Gasteiger partial charge in [-0.15, -0.1) is 0 Å². The first kappa shape index (κ1) is 17.4. The van der Waals surface area contributed by atoms with Crippen LogP contribution in [0.4, 0.5) is 0 Å². The molecule has 2 saturated heterocycles. The zero-order valence-electron chi connectivity index (χ0n) is 15.0. The molecule has 140 valence electrons. The van der Waals surface area contributed by atoms with Crippen LogP contribution in [-0.4, -0.2) is 64.9 Å². The van der Waals surface area contributed by atoms with Gasteiger partial charge in [0.25, 0.3) is 0 Å². The number of hydrogen-bond acceptors (Lipinski definition) is 5. The lowest BCUT2D eigenvalue weighted by Crippen LogP contribution is -2.38. The highest BCUT2D eigenvalue weighted by Gasteiger charge is 2.26. The molecule has 7 nitrogen and oxygen atoms in total. The second-order valence-electron chi connectivity index (χ2n) is 7.30. The minimum absolute atomic E-state index is 0.255. The van der Waals surface area contributed by atoms with Crippen molar-refractivity contribution in [2.75, 3.05) is 39.5 Å². The maximum Gasteiger partial charge on any atom is 0.222 e. The average molecular weight is 358 g/mol. The van der Waals surface area contributed by atoms with E-state index in [1.807, 2.05) is 23.2 Å². The van der Waals surface area contributed by atoms with E-state index in [2.05, 4.69) is 10.1 Å². The van der Waals surface area contributed by atoms with Crippen molar-refractivity contribution >= 4 is 11.6 Å². The van der Waals surface area contributed by atoms with Gasteiger partial charge in [-0.2, -0.15) is 5.10 Å². The van der Waals surface area contributed by atoms with Gasteiger partial charge in [-0.05, 0) is 37.3 Å². The molecule has 1 atom stereocenters. The Hall–Kier alpha value is -1.99. The van der Waals surface area contributed by atoms with Crippen LogP contribution in [0, 0.1) is 11.8 Å². The van der Waals surface area contributed by atoms with Gasteiger partial charge >= 0.3 is 0 Å². The van der Waals surface area contributed by atoms with Gasteiger partial charge in [-0.3, -0.25) is 4.79 Å².